The van der Waals surface area contributed by atoms with Gasteiger partial charge in [-0.05, 0) is 38.6 Å². The molecule has 1 heterocycles. The number of ether oxygens (including phenoxy) is 1. The molecular weight excluding hydrogens is 250 g/mol. The van der Waals surface area contributed by atoms with Crippen LogP contribution in [0.1, 0.15) is 25.5 Å². The van der Waals surface area contributed by atoms with Crippen LogP contribution in [0.5, 0.6) is 5.75 Å². The highest BCUT2D eigenvalue weighted by Crippen LogP contribution is 2.26. The maximum absolute atomic E-state index is 6.06. The molecule has 0 radical (unpaired) electrons. The summed E-state index contributed by atoms with van der Waals surface area (Å²) in [5.74, 6) is 0.935. The first-order valence-corrected chi connectivity index (χ1v) is 7.52. The smallest absolute Gasteiger partial charge is 0.119 e. The van der Waals surface area contributed by atoms with E-state index in [1.165, 1.54) is 5.56 Å². The third-order valence-electron chi connectivity index (χ3n) is 4.06. The Morgan fingerprint density at radius 2 is 2.20 bits per heavy atom. The van der Waals surface area contributed by atoms with Crippen molar-refractivity contribution in [1.82, 2.24) is 9.80 Å². The third kappa shape index (κ3) is 3.51. The summed E-state index contributed by atoms with van der Waals surface area (Å²) in [6.07, 6.45) is 0. The largest absolute Gasteiger partial charge is 0.494 e. The van der Waals surface area contributed by atoms with Gasteiger partial charge in [0.1, 0.15) is 5.75 Å². The molecule has 1 saturated heterocycles. The minimum Gasteiger partial charge on any atom is -0.494 e. The van der Waals surface area contributed by atoms with Gasteiger partial charge in [-0.2, -0.15) is 0 Å². The molecule has 1 aromatic rings. The van der Waals surface area contributed by atoms with Gasteiger partial charge >= 0.3 is 0 Å². The zero-order chi connectivity index (χ0) is 14.5. The predicted octanol–water partition coefficient (Wildman–Crippen LogP) is 1.72. The fourth-order valence-corrected chi connectivity index (χ4v) is 3.06. The standard InChI is InChI=1S/C16H27N3O/c1-4-20-15-7-5-6-14(10-15)16(11-17)19-9-8-18(3)12-13(19)2/h5-7,10,13,16H,4,8-9,11-12,17H2,1-3H3. The van der Waals surface area contributed by atoms with Crippen LogP contribution in [0.2, 0.25) is 0 Å². The number of hydrogen-bond acceptors (Lipinski definition) is 4. The first-order chi connectivity index (χ1) is 9.65. The lowest BCUT2D eigenvalue weighted by Crippen LogP contribution is -2.52. The van der Waals surface area contributed by atoms with Crippen molar-refractivity contribution in [2.75, 3.05) is 39.8 Å². The van der Waals surface area contributed by atoms with Crippen molar-refractivity contribution in [3.05, 3.63) is 29.8 Å². The van der Waals surface area contributed by atoms with Gasteiger partial charge in [-0.25, -0.2) is 0 Å². The molecule has 112 valence electrons. The Bertz CT molecular complexity index is 424. The second-order valence-corrected chi connectivity index (χ2v) is 5.61. The van der Waals surface area contributed by atoms with E-state index in [1.807, 2.05) is 13.0 Å². The first kappa shape index (κ1) is 15.3. The van der Waals surface area contributed by atoms with E-state index in [2.05, 4.69) is 42.0 Å². The minimum atomic E-state index is 0.277. The average molecular weight is 277 g/mol. The maximum Gasteiger partial charge on any atom is 0.119 e. The van der Waals surface area contributed by atoms with Crippen LogP contribution in [0.25, 0.3) is 0 Å². The highest BCUT2D eigenvalue weighted by atomic mass is 16.5. The molecule has 2 N–H and O–H groups in total. The van der Waals surface area contributed by atoms with Crippen molar-refractivity contribution < 1.29 is 4.74 Å². The summed E-state index contributed by atoms with van der Waals surface area (Å²) < 4.78 is 5.60. The van der Waals surface area contributed by atoms with Crippen LogP contribution in [0.4, 0.5) is 0 Å². The maximum atomic E-state index is 6.06. The van der Waals surface area contributed by atoms with E-state index in [4.69, 9.17) is 10.5 Å². The molecule has 0 aromatic heterocycles. The summed E-state index contributed by atoms with van der Waals surface area (Å²) in [5, 5.41) is 0. The fourth-order valence-electron chi connectivity index (χ4n) is 3.06. The molecule has 1 aromatic carbocycles. The highest BCUT2D eigenvalue weighted by molar-refractivity contribution is 5.31. The Morgan fingerprint density at radius 1 is 1.40 bits per heavy atom. The number of benzene rings is 1. The normalized spacial score (nSPS) is 22.7. The lowest BCUT2D eigenvalue weighted by atomic mass is 10.0. The van der Waals surface area contributed by atoms with Crippen LogP contribution < -0.4 is 10.5 Å². The van der Waals surface area contributed by atoms with Crippen LogP contribution in [0, 0.1) is 0 Å². The summed E-state index contributed by atoms with van der Waals surface area (Å²) >= 11 is 0. The molecule has 2 atom stereocenters. The second-order valence-electron chi connectivity index (χ2n) is 5.61. The fraction of sp³-hybridized carbons (Fsp3) is 0.625. The van der Waals surface area contributed by atoms with Crippen molar-refractivity contribution in [2.24, 2.45) is 5.73 Å². The van der Waals surface area contributed by atoms with Crippen LogP contribution in [-0.4, -0.2) is 55.7 Å². The molecule has 2 rings (SSSR count). The van der Waals surface area contributed by atoms with Crippen LogP contribution >= 0.6 is 0 Å². The van der Waals surface area contributed by atoms with Crippen LogP contribution in [-0.2, 0) is 0 Å². The number of rotatable bonds is 5. The van der Waals surface area contributed by atoms with Crippen LogP contribution in [0.15, 0.2) is 24.3 Å². The first-order valence-electron chi connectivity index (χ1n) is 7.52. The van der Waals surface area contributed by atoms with E-state index in [0.29, 0.717) is 19.2 Å². The molecule has 1 aliphatic rings. The van der Waals surface area contributed by atoms with E-state index in [1.54, 1.807) is 0 Å². The molecular formula is C16H27N3O. The van der Waals surface area contributed by atoms with Crippen molar-refractivity contribution in [3.8, 4) is 5.75 Å². The van der Waals surface area contributed by atoms with Crippen molar-refractivity contribution in [3.63, 3.8) is 0 Å². The number of nitrogens with zero attached hydrogens (tertiary/aromatic N) is 2. The highest BCUT2D eigenvalue weighted by Gasteiger charge is 2.28. The van der Waals surface area contributed by atoms with E-state index < -0.39 is 0 Å². The number of piperazine rings is 1. The molecule has 4 nitrogen and oxygen atoms in total. The van der Waals surface area contributed by atoms with E-state index in [9.17, 15) is 0 Å². The molecule has 0 spiro atoms. The predicted molar refractivity (Wildman–Crippen MR) is 83.1 cm³/mol. The number of nitrogens with two attached hydrogens (primary N) is 1. The quantitative estimate of drug-likeness (QED) is 0.890. The molecule has 0 saturated carbocycles. The lowest BCUT2D eigenvalue weighted by Gasteiger charge is -2.42. The molecule has 1 aliphatic heterocycles. The minimum absolute atomic E-state index is 0.277. The van der Waals surface area contributed by atoms with Gasteiger partial charge in [-0.15, -0.1) is 0 Å². The Kier molecular flexibility index (Phi) is 5.40. The summed E-state index contributed by atoms with van der Waals surface area (Å²) in [7, 11) is 2.18. The van der Waals surface area contributed by atoms with Gasteiger partial charge in [0.2, 0.25) is 0 Å². The molecule has 4 heteroatoms. The number of hydrogen-bond donors (Lipinski definition) is 1. The zero-order valence-electron chi connectivity index (χ0n) is 12.9. The van der Waals surface area contributed by atoms with E-state index >= 15 is 0 Å². The van der Waals surface area contributed by atoms with Gasteiger partial charge in [-0.3, -0.25) is 4.90 Å². The Hall–Kier alpha value is -1.10. The zero-order valence-corrected chi connectivity index (χ0v) is 12.9. The van der Waals surface area contributed by atoms with Gasteiger partial charge < -0.3 is 15.4 Å². The SMILES string of the molecule is CCOc1cccc(C(CN)N2CCN(C)CC2C)c1. The van der Waals surface area contributed by atoms with Gasteiger partial charge in [0, 0.05) is 38.3 Å². The number of likely N-dealkylation sites (N-methyl/N-ethyl adjacent to an activating group) is 1. The summed E-state index contributed by atoms with van der Waals surface area (Å²) in [6, 6.07) is 9.16. The molecule has 20 heavy (non-hydrogen) atoms. The molecule has 0 bridgehead atoms. The van der Waals surface area contributed by atoms with Gasteiger partial charge in [-0.1, -0.05) is 12.1 Å². The van der Waals surface area contributed by atoms with Gasteiger partial charge in [0.05, 0.1) is 6.61 Å². The second kappa shape index (κ2) is 7.07. The molecule has 1 fully saturated rings. The lowest BCUT2D eigenvalue weighted by molar-refractivity contribution is 0.0634. The summed E-state index contributed by atoms with van der Waals surface area (Å²) in [4.78, 5) is 4.90. The summed E-state index contributed by atoms with van der Waals surface area (Å²) in [6.45, 7) is 8.90. The van der Waals surface area contributed by atoms with E-state index in [0.717, 1.165) is 25.4 Å². The Labute approximate surface area is 122 Å². The molecule has 0 amide bonds. The molecule has 2 unspecified atom stereocenters. The Balaban J connectivity index is 2.16. The topological polar surface area (TPSA) is 41.7 Å². The van der Waals surface area contributed by atoms with Gasteiger partial charge in [0.15, 0.2) is 0 Å². The molecule has 0 aliphatic carbocycles. The summed E-state index contributed by atoms with van der Waals surface area (Å²) in [5.41, 5.74) is 7.32. The van der Waals surface area contributed by atoms with E-state index in [-0.39, 0.29) is 6.04 Å². The van der Waals surface area contributed by atoms with Gasteiger partial charge in [0.25, 0.3) is 0 Å². The van der Waals surface area contributed by atoms with Crippen molar-refractivity contribution in [1.29, 1.82) is 0 Å². The monoisotopic (exact) mass is 277 g/mol. The van der Waals surface area contributed by atoms with Crippen LogP contribution in [0.3, 0.4) is 0 Å². The third-order valence-corrected chi connectivity index (χ3v) is 4.06. The van der Waals surface area contributed by atoms with Crippen molar-refractivity contribution in [2.45, 2.75) is 25.9 Å². The van der Waals surface area contributed by atoms with Crippen molar-refractivity contribution >= 4 is 0 Å². The average Bonchev–Trinajstić information content (AvgIpc) is 2.43. The Morgan fingerprint density at radius 3 is 2.85 bits per heavy atom.